The van der Waals surface area contributed by atoms with Gasteiger partial charge in [-0.15, -0.1) is 0 Å². The average Bonchev–Trinajstić information content (AvgIpc) is 1.91. The zero-order chi connectivity index (χ0) is 7.11. The van der Waals surface area contributed by atoms with Gasteiger partial charge in [0.2, 0.25) is 0 Å². The van der Waals surface area contributed by atoms with Crippen LogP contribution in [0.5, 0.6) is 0 Å². The lowest BCUT2D eigenvalue weighted by Crippen LogP contribution is -2.28. The van der Waals surface area contributed by atoms with E-state index in [9.17, 15) is 0 Å². The molecule has 0 amide bonds. The molecule has 0 unspecified atom stereocenters. The van der Waals surface area contributed by atoms with Crippen molar-refractivity contribution in [3.63, 3.8) is 0 Å². The van der Waals surface area contributed by atoms with E-state index in [2.05, 4.69) is 10.4 Å². The van der Waals surface area contributed by atoms with Crippen LogP contribution < -0.4 is 11.2 Å². The molecular formula is C5H13N3O. The molecule has 4 nitrogen and oxygen atoms in total. The zero-order valence-corrected chi connectivity index (χ0v) is 5.59. The number of hydrogen-bond donors (Lipinski definition) is 3. The summed E-state index contributed by atoms with van der Waals surface area (Å²) in [7, 11) is 0. The van der Waals surface area contributed by atoms with Crippen LogP contribution in [0.4, 0.5) is 0 Å². The average molecular weight is 131 g/mol. The lowest BCUT2D eigenvalue weighted by Gasteiger charge is -2.02. The van der Waals surface area contributed by atoms with Gasteiger partial charge in [-0.2, -0.15) is 5.10 Å². The number of rotatable bonds is 3. The predicted octanol–water partition coefficient (Wildman–Crippen LogP) is -0.749. The summed E-state index contributed by atoms with van der Waals surface area (Å²) in [6.45, 7) is 2.71. The summed E-state index contributed by atoms with van der Waals surface area (Å²) in [6, 6.07) is 0. The molecule has 0 aliphatic rings. The van der Waals surface area contributed by atoms with Crippen molar-refractivity contribution >= 4 is 5.84 Å². The van der Waals surface area contributed by atoms with Crippen molar-refractivity contribution in [2.75, 3.05) is 13.2 Å². The summed E-state index contributed by atoms with van der Waals surface area (Å²) in [4.78, 5) is 0. The SMILES string of the molecule is CCCN/C(CO)=N\N. The summed E-state index contributed by atoms with van der Waals surface area (Å²) in [6.07, 6.45) is 0.999. The maximum absolute atomic E-state index is 8.48. The first-order valence-electron chi connectivity index (χ1n) is 2.96. The lowest BCUT2D eigenvalue weighted by atomic mass is 10.4. The van der Waals surface area contributed by atoms with Crippen LogP contribution in [0, 0.1) is 0 Å². The van der Waals surface area contributed by atoms with E-state index < -0.39 is 0 Å². The molecule has 0 rings (SSSR count). The highest BCUT2D eigenvalue weighted by atomic mass is 16.3. The fraction of sp³-hybridized carbons (Fsp3) is 0.800. The molecule has 0 spiro atoms. The molecule has 0 heterocycles. The van der Waals surface area contributed by atoms with E-state index in [1.165, 1.54) is 0 Å². The third-order valence-corrected chi connectivity index (χ3v) is 0.885. The van der Waals surface area contributed by atoms with Crippen LogP contribution in [0.3, 0.4) is 0 Å². The van der Waals surface area contributed by atoms with Gasteiger partial charge in [-0.05, 0) is 6.42 Å². The highest BCUT2D eigenvalue weighted by molar-refractivity contribution is 5.82. The third kappa shape index (κ3) is 3.78. The van der Waals surface area contributed by atoms with E-state index in [1.807, 2.05) is 6.92 Å². The quantitative estimate of drug-likeness (QED) is 0.204. The molecule has 0 aromatic heterocycles. The third-order valence-electron chi connectivity index (χ3n) is 0.885. The number of hydrogen-bond acceptors (Lipinski definition) is 3. The van der Waals surface area contributed by atoms with Gasteiger partial charge >= 0.3 is 0 Å². The fourth-order valence-corrected chi connectivity index (χ4v) is 0.412. The van der Waals surface area contributed by atoms with Crippen LogP contribution in [0.2, 0.25) is 0 Å². The molecule has 0 aliphatic heterocycles. The highest BCUT2D eigenvalue weighted by Gasteiger charge is 1.90. The molecule has 0 atom stereocenters. The Morgan fingerprint density at radius 2 is 2.44 bits per heavy atom. The first-order valence-corrected chi connectivity index (χ1v) is 2.96. The molecule has 0 bridgehead atoms. The molecule has 4 heteroatoms. The Labute approximate surface area is 54.7 Å². The van der Waals surface area contributed by atoms with Crippen molar-refractivity contribution in [3.05, 3.63) is 0 Å². The summed E-state index contributed by atoms with van der Waals surface area (Å²) in [5, 5.41) is 14.6. The Bertz CT molecular complexity index is 92.2. The smallest absolute Gasteiger partial charge is 0.147 e. The van der Waals surface area contributed by atoms with Crippen LogP contribution in [0.15, 0.2) is 5.10 Å². The summed E-state index contributed by atoms with van der Waals surface area (Å²) < 4.78 is 0. The normalized spacial score (nSPS) is 11.6. The van der Waals surface area contributed by atoms with E-state index in [-0.39, 0.29) is 6.61 Å². The van der Waals surface area contributed by atoms with Gasteiger partial charge in [-0.25, -0.2) is 0 Å². The molecule has 0 radical (unpaired) electrons. The molecule has 9 heavy (non-hydrogen) atoms. The summed E-state index contributed by atoms with van der Waals surface area (Å²) in [5.74, 6) is 5.33. The number of nitrogens with one attached hydrogen (secondary N) is 1. The van der Waals surface area contributed by atoms with Gasteiger partial charge in [0, 0.05) is 6.54 Å². The number of nitrogens with two attached hydrogens (primary N) is 1. The monoisotopic (exact) mass is 131 g/mol. The molecule has 0 saturated carbocycles. The van der Waals surface area contributed by atoms with Crippen molar-refractivity contribution in [2.24, 2.45) is 10.9 Å². The second kappa shape index (κ2) is 5.37. The molecule has 54 valence electrons. The van der Waals surface area contributed by atoms with E-state index in [0.29, 0.717) is 5.84 Å². The minimum Gasteiger partial charge on any atom is -0.388 e. The lowest BCUT2D eigenvalue weighted by molar-refractivity contribution is 0.352. The minimum absolute atomic E-state index is 0.115. The van der Waals surface area contributed by atoms with Gasteiger partial charge in [-0.1, -0.05) is 6.92 Å². The van der Waals surface area contributed by atoms with Gasteiger partial charge in [-0.3, -0.25) is 0 Å². The van der Waals surface area contributed by atoms with Crippen molar-refractivity contribution in [3.8, 4) is 0 Å². The number of aliphatic hydroxyl groups is 1. The minimum atomic E-state index is -0.115. The van der Waals surface area contributed by atoms with E-state index >= 15 is 0 Å². The molecular weight excluding hydrogens is 118 g/mol. The van der Waals surface area contributed by atoms with Crippen LogP contribution in [0.1, 0.15) is 13.3 Å². The molecule has 4 N–H and O–H groups in total. The number of nitrogens with zero attached hydrogens (tertiary/aromatic N) is 1. The number of hydrazone groups is 1. The highest BCUT2D eigenvalue weighted by Crippen LogP contribution is 1.71. The standard InChI is InChI=1S/C5H13N3O/c1-2-3-7-5(4-9)8-6/h9H,2-4,6H2,1H3,(H,7,8). The molecule has 0 fully saturated rings. The Morgan fingerprint density at radius 1 is 1.78 bits per heavy atom. The van der Waals surface area contributed by atoms with Crippen molar-refractivity contribution in [2.45, 2.75) is 13.3 Å². The van der Waals surface area contributed by atoms with Gasteiger partial charge in [0.25, 0.3) is 0 Å². The summed E-state index contributed by atoms with van der Waals surface area (Å²) in [5.41, 5.74) is 0. The van der Waals surface area contributed by atoms with E-state index in [4.69, 9.17) is 10.9 Å². The van der Waals surface area contributed by atoms with E-state index in [1.54, 1.807) is 0 Å². The van der Waals surface area contributed by atoms with Gasteiger partial charge in [0.15, 0.2) is 0 Å². The molecule has 0 aromatic rings. The topological polar surface area (TPSA) is 70.6 Å². The predicted molar refractivity (Wildman–Crippen MR) is 37.0 cm³/mol. The van der Waals surface area contributed by atoms with E-state index in [0.717, 1.165) is 13.0 Å². The van der Waals surface area contributed by atoms with Crippen molar-refractivity contribution < 1.29 is 5.11 Å². The second-order valence-electron chi connectivity index (χ2n) is 1.66. The first-order chi connectivity index (χ1) is 4.35. The van der Waals surface area contributed by atoms with Crippen molar-refractivity contribution in [1.82, 2.24) is 5.32 Å². The number of amidine groups is 1. The molecule has 0 saturated heterocycles. The summed E-state index contributed by atoms with van der Waals surface area (Å²) >= 11 is 0. The van der Waals surface area contributed by atoms with Crippen molar-refractivity contribution in [1.29, 1.82) is 0 Å². The fourth-order valence-electron chi connectivity index (χ4n) is 0.412. The maximum atomic E-state index is 8.48. The van der Waals surface area contributed by atoms with Gasteiger partial charge < -0.3 is 16.3 Å². The van der Waals surface area contributed by atoms with Crippen LogP contribution in [-0.4, -0.2) is 24.1 Å². The van der Waals surface area contributed by atoms with Crippen LogP contribution in [-0.2, 0) is 0 Å². The maximum Gasteiger partial charge on any atom is 0.147 e. The van der Waals surface area contributed by atoms with Crippen LogP contribution in [0.25, 0.3) is 0 Å². The van der Waals surface area contributed by atoms with Crippen LogP contribution >= 0.6 is 0 Å². The Balaban J connectivity index is 3.33. The van der Waals surface area contributed by atoms with Gasteiger partial charge in [0.05, 0.1) is 0 Å². The first kappa shape index (κ1) is 8.23. The zero-order valence-electron chi connectivity index (χ0n) is 5.59. The molecule has 0 aromatic carbocycles. The largest absolute Gasteiger partial charge is 0.388 e. The Kier molecular flexibility index (Phi) is 4.91. The van der Waals surface area contributed by atoms with Gasteiger partial charge in [0.1, 0.15) is 12.4 Å². The second-order valence-corrected chi connectivity index (χ2v) is 1.66. The molecule has 0 aliphatic carbocycles. The number of aliphatic hydroxyl groups excluding tert-OH is 1. The Morgan fingerprint density at radius 3 is 2.78 bits per heavy atom. The Hall–Kier alpha value is -0.770.